The Hall–Kier alpha value is -3.24. The summed E-state index contributed by atoms with van der Waals surface area (Å²) in [5.41, 5.74) is 5.28. The fourth-order valence-electron chi connectivity index (χ4n) is 3.10. The number of fused-ring (bicyclic) bond motifs is 1. The molecule has 4 rings (SSSR count). The van der Waals surface area contributed by atoms with E-state index in [0.717, 1.165) is 31.9 Å². The van der Waals surface area contributed by atoms with Crippen molar-refractivity contribution in [2.45, 2.75) is 12.8 Å². The molecule has 138 valence electrons. The van der Waals surface area contributed by atoms with Gasteiger partial charge in [0.25, 0.3) is 0 Å². The second-order valence-electron chi connectivity index (χ2n) is 6.54. The van der Waals surface area contributed by atoms with Gasteiger partial charge in [0.05, 0.1) is 10.2 Å². The second-order valence-corrected chi connectivity index (χ2v) is 7.57. The molecule has 0 spiro atoms. The Labute approximate surface area is 167 Å². The molecular formula is C24H19NO2S. The minimum Gasteiger partial charge on any atom is -0.481 e. The van der Waals surface area contributed by atoms with Gasteiger partial charge in [-0.05, 0) is 46.9 Å². The van der Waals surface area contributed by atoms with E-state index in [-0.39, 0.29) is 6.42 Å². The Bertz CT molecular complexity index is 1100. The van der Waals surface area contributed by atoms with Crippen molar-refractivity contribution in [3.8, 4) is 11.1 Å². The molecule has 4 aromatic rings. The summed E-state index contributed by atoms with van der Waals surface area (Å²) >= 11 is 1.60. The van der Waals surface area contributed by atoms with Gasteiger partial charge in [0.1, 0.15) is 5.01 Å². The molecule has 0 aliphatic rings. The van der Waals surface area contributed by atoms with Crippen molar-refractivity contribution in [1.29, 1.82) is 0 Å². The molecule has 0 bridgehead atoms. The molecule has 0 saturated carbocycles. The molecule has 1 N–H and O–H groups in total. The van der Waals surface area contributed by atoms with Gasteiger partial charge < -0.3 is 5.11 Å². The lowest BCUT2D eigenvalue weighted by molar-refractivity contribution is -0.136. The van der Waals surface area contributed by atoms with Gasteiger partial charge >= 0.3 is 5.97 Å². The topological polar surface area (TPSA) is 50.2 Å². The van der Waals surface area contributed by atoms with Crippen LogP contribution in [0.3, 0.4) is 0 Å². The third kappa shape index (κ3) is 4.18. The van der Waals surface area contributed by atoms with E-state index in [0.29, 0.717) is 6.42 Å². The lowest BCUT2D eigenvalue weighted by Gasteiger charge is -2.05. The molecule has 0 radical (unpaired) electrons. The number of carboxylic acids is 1. The first-order valence-electron chi connectivity index (χ1n) is 9.13. The van der Waals surface area contributed by atoms with Crippen LogP contribution in [0.15, 0.2) is 78.9 Å². The van der Waals surface area contributed by atoms with E-state index in [1.54, 1.807) is 11.3 Å². The smallest absolute Gasteiger partial charge is 0.303 e. The molecule has 0 aliphatic carbocycles. The van der Waals surface area contributed by atoms with Gasteiger partial charge in [-0.2, -0.15) is 0 Å². The van der Waals surface area contributed by atoms with E-state index < -0.39 is 5.97 Å². The number of carboxylic acid groups (broad SMARTS) is 1. The average Bonchev–Trinajstić information content (AvgIpc) is 3.16. The Kier molecular flexibility index (Phi) is 5.31. The van der Waals surface area contributed by atoms with Crippen LogP contribution in [-0.4, -0.2) is 16.1 Å². The van der Waals surface area contributed by atoms with Crippen molar-refractivity contribution < 1.29 is 9.90 Å². The highest BCUT2D eigenvalue weighted by Crippen LogP contribution is 2.31. The number of hydrogen-bond donors (Lipinski definition) is 1. The van der Waals surface area contributed by atoms with E-state index >= 15 is 0 Å². The van der Waals surface area contributed by atoms with Gasteiger partial charge in [0.15, 0.2) is 0 Å². The number of nitrogens with zero attached hydrogens (tertiary/aromatic N) is 1. The predicted molar refractivity (Wildman–Crippen MR) is 116 cm³/mol. The molecule has 28 heavy (non-hydrogen) atoms. The molecule has 0 atom stereocenters. The van der Waals surface area contributed by atoms with Crippen LogP contribution < -0.4 is 0 Å². The maximum Gasteiger partial charge on any atom is 0.303 e. The van der Waals surface area contributed by atoms with Gasteiger partial charge in [0, 0.05) is 6.42 Å². The maximum absolute atomic E-state index is 11.1. The molecule has 1 heterocycles. The molecule has 0 unspecified atom stereocenters. The van der Waals surface area contributed by atoms with Crippen LogP contribution in [0.5, 0.6) is 0 Å². The van der Waals surface area contributed by atoms with Crippen LogP contribution in [0.4, 0.5) is 0 Å². The van der Waals surface area contributed by atoms with Crippen LogP contribution in [0.1, 0.15) is 23.4 Å². The highest BCUT2D eigenvalue weighted by Gasteiger charge is 2.11. The fourth-order valence-corrected chi connectivity index (χ4v) is 4.10. The number of rotatable bonds is 6. The highest BCUT2D eigenvalue weighted by atomic mass is 32.1. The quantitative estimate of drug-likeness (QED) is 0.420. The van der Waals surface area contributed by atoms with Crippen LogP contribution in [0, 0.1) is 0 Å². The number of para-hydroxylation sites is 1. The van der Waals surface area contributed by atoms with Crippen LogP contribution >= 0.6 is 11.3 Å². The summed E-state index contributed by atoms with van der Waals surface area (Å²) < 4.78 is 1.11. The second kappa shape index (κ2) is 8.19. The fraction of sp³-hybridized carbons (Fsp3) is 0.0833. The third-order valence-corrected chi connectivity index (χ3v) is 5.65. The summed E-state index contributed by atoms with van der Waals surface area (Å²) in [5.74, 6) is -0.800. The summed E-state index contributed by atoms with van der Waals surface area (Å²) in [7, 11) is 0. The van der Waals surface area contributed by atoms with Crippen LogP contribution in [0.25, 0.3) is 33.0 Å². The zero-order chi connectivity index (χ0) is 19.3. The van der Waals surface area contributed by atoms with E-state index in [4.69, 9.17) is 10.1 Å². The minimum absolute atomic E-state index is 0.0872. The van der Waals surface area contributed by atoms with Gasteiger partial charge in [-0.3, -0.25) is 4.79 Å². The largest absolute Gasteiger partial charge is 0.481 e. The van der Waals surface area contributed by atoms with Crippen molar-refractivity contribution in [1.82, 2.24) is 4.98 Å². The molecule has 0 aliphatic heterocycles. The lowest BCUT2D eigenvalue weighted by atomic mass is 10.0. The first-order valence-corrected chi connectivity index (χ1v) is 9.94. The Morgan fingerprint density at radius 2 is 1.54 bits per heavy atom. The highest BCUT2D eigenvalue weighted by molar-refractivity contribution is 7.19. The molecule has 3 aromatic carbocycles. The van der Waals surface area contributed by atoms with E-state index in [1.165, 1.54) is 5.56 Å². The number of aromatic nitrogens is 1. The molecule has 3 nitrogen and oxygen atoms in total. The SMILES string of the molecule is O=C(O)CC/C(=C/c1ccc(-c2ccccc2)cc1)c1nc2ccccc2s1. The number of thiazole rings is 1. The molecule has 0 amide bonds. The molecule has 4 heteroatoms. The number of carbonyl (C=O) groups is 1. The first kappa shape index (κ1) is 18.1. The van der Waals surface area contributed by atoms with Gasteiger partial charge in [-0.1, -0.05) is 66.7 Å². The van der Waals surface area contributed by atoms with Gasteiger partial charge in [-0.15, -0.1) is 11.3 Å². The summed E-state index contributed by atoms with van der Waals surface area (Å²) in [5, 5.41) is 10.0. The first-order chi connectivity index (χ1) is 13.7. The zero-order valence-electron chi connectivity index (χ0n) is 15.2. The standard InChI is InChI=1S/C24H19NO2S/c26-23(27)15-14-20(24-25-21-8-4-5-9-22(21)28-24)16-17-10-12-19(13-11-17)18-6-2-1-3-7-18/h1-13,16H,14-15H2,(H,26,27)/b20-16-. The number of allylic oxidation sites excluding steroid dienone is 1. The molecule has 0 fully saturated rings. The average molecular weight is 385 g/mol. The van der Waals surface area contributed by atoms with E-state index in [1.807, 2.05) is 42.5 Å². The zero-order valence-corrected chi connectivity index (χ0v) is 16.0. The van der Waals surface area contributed by atoms with E-state index in [9.17, 15) is 4.79 Å². The maximum atomic E-state index is 11.1. The summed E-state index contributed by atoms with van der Waals surface area (Å²) in [6.45, 7) is 0. The normalized spacial score (nSPS) is 11.6. The summed E-state index contributed by atoms with van der Waals surface area (Å²) in [6, 6.07) is 26.5. The minimum atomic E-state index is -0.800. The Morgan fingerprint density at radius 1 is 0.857 bits per heavy atom. The number of aliphatic carboxylic acids is 1. The van der Waals surface area contributed by atoms with Crippen molar-refractivity contribution >= 4 is 39.2 Å². The van der Waals surface area contributed by atoms with Crippen molar-refractivity contribution in [2.24, 2.45) is 0 Å². The van der Waals surface area contributed by atoms with Crippen molar-refractivity contribution in [3.05, 3.63) is 89.4 Å². The molecule has 1 aromatic heterocycles. The van der Waals surface area contributed by atoms with E-state index in [2.05, 4.69) is 42.5 Å². The van der Waals surface area contributed by atoms with Crippen molar-refractivity contribution in [3.63, 3.8) is 0 Å². The molecule has 0 saturated heterocycles. The summed E-state index contributed by atoms with van der Waals surface area (Å²) in [6.07, 6.45) is 2.59. The van der Waals surface area contributed by atoms with Crippen LogP contribution in [-0.2, 0) is 4.79 Å². The number of hydrogen-bond acceptors (Lipinski definition) is 3. The monoisotopic (exact) mass is 385 g/mol. The Balaban J connectivity index is 1.67. The van der Waals surface area contributed by atoms with Gasteiger partial charge in [-0.25, -0.2) is 4.98 Å². The lowest BCUT2D eigenvalue weighted by Crippen LogP contribution is -1.95. The van der Waals surface area contributed by atoms with Crippen LogP contribution in [0.2, 0.25) is 0 Å². The van der Waals surface area contributed by atoms with Crippen molar-refractivity contribution in [2.75, 3.05) is 0 Å². The number of benzene rings is 3. The predicted octanol–water partition coefficient (Wildman–Crippen LogP) is 6.37. The summed E-state index contributed by atoms with van der Waals surface area (Å²) in [4.78, 5) is 15.8. The third-order valence-electron chi connectivity index (χ3n) is 4.54. The van der Waals surface area contributed by atoms with Gasteiger partial charge in [0.2, 0.25) is 0 Å². The Morgan fingerprint density at radius 3 is 2.25 bits per heavy atom. The molecular weight excluding hydrogens is 366 g/mol.